The van der Waals surface area contributed by atoms with Gasteiger partial charge in [-0.05, 0) is 48.6 Å². The molecular formula is C27H29N3O7S. The molecule has 0 radical (unpaired) electrons. The summed E-state index contributed by atoms with van der Waals surface area (Å²) in [7, 11) is 1.56. The number of aryl methyl sites for hydroxylation is 1. The molecule has 10 nitrogen and oxygen atoms in total. The van der Waals surface area contributed by atoms with Gasteiger partial charge in [0.05, 0.1) is 11.5 Å². The summed E-state index contributed by atoms with van der Waals surface area (Å²) in [5, 5.41) is 13.4. The highest BCUT2D eigenvalue weighted by molar-refractivity contribution is 7.09. The highest BCUT2D eigenvalue weighted by Gasteiger charge is 2.25. The van der Waals surface area contributed by atoms with Crippen molar-refractivity contribution in [2.75, 3.05) is 33.6 Å². The summed E-state index contributed by atoms with van der Waals surface area (Å²) in [6.07, 6.45) is 0.510. The monoisotopic (exact) mass is 539 g/mol. The molecule has 1 aliphatic heterocycles. The Kier molecular flexibility index (Phi) is 8.93. The number of hydrogen-bond donors (Lipinski definition) is 0. The summed E-state index contributed by atoms with van der Waals surface area (Å²) < 4.78 is 16.0. The molecule has 1 aromatic heterocycles. The average molecular weight is 540 g/mol. The molecule has 0 N–H and O–H groups in total. The van der Waals surface area contributed by atoms with Crippen molar-refractivity contribution in [2.24, 2.45) is 0 Å². The van der Waals surface area contributed by atoms with Gasteiger partial charge in [-0.3, -0.25) is 19.7 Å². The number of carbonyl (C=O) groups is 2. The maximum atomic E-state index is 13.7. The molecule has 0 bridgehead atoms. The van der Waals surface area contributed by atoms with Crippen LogP contribution in [0.15, 0.2) is 53.9 Å². The zero-order valence-corrected chi connectivity index (χ0v) is 22.1. The van der Waals surface area contributed by atoms with Crippen molar-refractivity contribution in [1.29, 1.82) is 0 Å². The predicted molar refractivity (Wildman–Crippen MR) is 141 cm³/mol. The minimum atomic E-state index is -0.513. The number of ether oxygens (including phenoxy) is 3. The van der Waals surface area contributed by atoms with Crippen LogP contribution < -0.4 is 9.47 Å². The molecule has 200 valence electrons. The SMILES string of the molecule is COCCCN(CC(=O)N(Cc1ccc2c(c1)OCO2)Cc1cccs1)C(=O)c1ccc(C)c([N+](=O)[O-])c1. The van der Waals surface area contributed by atoms with E-state index in [1.165, 1.54) is 11.0 Å². The minimum Gasteiger partial charge on any atom is -0.454 e. The normalized spacial score (nSPS) is 11.8. The number of carbonyl (C=O) groups excluding carboxylic acids is 2. The van der Waals surface area contributed by atoms with Gasteiger partial charge in [0.15, 0.2) is 11.5 Å². The Morgan fingerprint density at radius 3 is 2.63 bits per heavy atom. The number of nitro benzene ring substituents is 1. The third-order valence-electron chi connectivity index (χ3n) is 6.13. The van der Waals surface area contributed by atoms with E-state index in [0.717, 1.165) is 10.4 Å². The van der Waals surface area contributed by atoms with E-state index in [-0.39, 0.29) is 37.0 Å². The van der Waals surface area contributed by atoms with Crippen molar-refractivity contribution in [3.05, 3.63) is 85.6 Å². The molecule has 0 aliphatic carbocycles. The molecule has 0 spiro atoms. The van der Waals surface area contributed by atoms with Gasteiger partial charge in [0.2, 0.25) is 12.7 Å². The molecule has 0 unspecified atom stereocenters. The standard InChI is InChI=1S/C27H29N3O7S/c1-19-6-8-21(14-23(19)30(33)34)27(32)28(10-4-11-35-2)17-26(31)29(16-22-5-3-12-38-22)15-20-7-9-24-25(13-20)37-18-36-24/h3,5-9,12-14H,4,10-11,15-18H2,1-2H3. The molecule has 0 fully saturated rings. The van der Waals surface area contributed by atoms with Crippen LogP contribution in [0.1, 0.15) is 32.8 Å². The molecule has 2 heterocycles. The summed E-state index contributed by atoms with van der Waals surface area (Å²) in [5.41, 5.74) is 1.35. The van der Waals surface area contributed by atoms with Gasteiger partial charge in [0, 0.05) is 48.9 Å². The molecule has 3 aromatic rings. The number of hydrogen-bond acceptors (Lipinski definition) is 8. The highest BCUT2D eigenvalue weighted by atomic mass is 32.1. The van der Waals surface area contributed by atoms with Crippen molar-refractivity contribution >= 4 is 28.8 Å². The Morgan fingerprint density at radius 2 is 1.89 bits per heavy atom. The maximum absolute atomic E-state index is 13.7. The Labute approximate surface area is 224 Å². The first-order valence-electron chi connectivity index (χ1n) is 12.1. The Morgan fingerprint density at radius 1 is 1.08 bits per heavy atom. The van der Waals surface area contributed by atoms with Gasteiger partial charge in [-0.25, -0.2) is 0 Å². The van der Waals surface area contributed by atoms with Crippen LogP contribution >= 0.6 is 11.3 Å². The Bertz CT molecular complexity index is 1300. The smallest absolute Gasteiger partial charge is 0.273 e. The van der Waals surface area contributed by atoms with Crippen LogP contribution in [0.3, 0.4) is 0 Å². The first kappa shape index (κ1) is 27.1. The maximum Gasteiger partial charge on any atom is 0.273 e. The Balaban J connectivity index is 1.56. The van der Waals surface area contributed by atoms with Crippen LogP contribution in [0.4, 0.5) is 5.69 Å². The predicted octanol–water partition coefficient (Wildman–Crippen LogP) is 4.40. The van der Waals surface area contributed by atoms with Gasteiger partial charge in [0.1, 0.15) is 6.54 Å². The molecule has 0 atom stereocenters. The summed E-state index contributed by atoms with van der Waals surface area (Å²) in [4.78, 5) is 42.1. The van der Waals surface area contributed by atoms with Gasteiger partial charge < -0.3 is 24.0 Å². The largest absolute Gasteiger partial charge is 0.454 e. The van der Waals surface area contributed by atoms with Crippen LogP contribution in [0.5, 0.6) is 11.5 Å². The number of methoxy groups -OCH3 is 1. The minimum absolute atomic E-state index is 0.138. The second-order valence-corrected chi connectivity index (χ2v) is 9.88. The number of amides is 2. The molecule has 2 amide bonds. The van der Waals surface area contributed by atoms with E-state index in [2.05, 4.69) is 0 Å². The lowest BCUT2D eigenvalue weighted by Crippen LogP contribution is -2.43. The van der Waals surface area contributed by atoms with Crippen molar-refractivity contribution < 1.29 is 28.7 Å². The first-order valence-corrected chi connectivity index (χ1v) is 13.0. The highest BCUT2D eigenvalue weighted by Crippen LogP contribution is 2.33. The topological polar surface area (TPSA) is 111 Å². The number of nitro groups is 1. The lowest BCUT2D eigenvalue weighted by molar-refractivity contribution is -0.385. The number of thiophene rings is 1. The summed E-state index contributed by atoms with van der Waals surface area (Å²) in [5.74, 6) is 0.593. The molecule has 0 saturated heterocycles. The number of nitrogens with zero attached hydrogens (tertiary/aromatic N) is 3. The van der Waals surface area contributed by atoms with E-state index >= 15 is 0 Å². The van der Waals surface area contributed by atoms with Crippen LogP contribution in [-0.4, -0.2) is 60.1 Å². The van der Waals surface area contributed by atoms with E-state index in [1.807, 2.05) is 35.7 Å². The second kappa shape index (κ2) is 12.5. The van der Waals surface area contributed by atoms with Gasteiger partial charge in [-0.1, -0.05) is 18.2 Å². The van der Waals surface area contributed by atoms with Gasteiger partial charge in [0.25, 0.3) is 11.6 Å². The molecular weight excluding hydrogens is 510 g/mol. The first-order chi connectivity index (χ1) is 18.4. The van der Waals surface area contributed by atoms with Crippen molar-refractivity contribution in [3.8, 4) is 11.5 Å². The zero-order valence-electron chi connectivity index (χ0n) is 21.3. The molecule has 38 heavy (non-hydrogen) atoms. The van der Waals surface area contributed by atoms with Gasteiger partial charge in [-0.2, -0.15) is 0 Å². The number of rotatable bonds is 12. The number of fused-ring (bicyclic) bond motifs is 1. The summed E-state index contributed by atoms with van der Waals surface area (Å²) in [6.45, 7) is 2.95. The van der Waals surface area contributed by atoms with Gasteiger partial charge in [-0.15, -0.1) is 11.3 Å². The van der Waals surface area contributed by atoms with E-state index in [1.54, 1.807) is 42.4 Å². The number of benzene rings is 2. The molecule has 4 rings (SSSR count). The zero-order chi connectivity index (χ0) is 27.1. The fourth-order valence-electron chi connectivity index (χ4n) is 4.12. The van der Waals surface area contributed by atoms with Crippen LogP contribution in [0.25, 0.3) is 0 Å². The molecule has 1 aliphatic rings. The second-order valence-electron chi connectivity index (χ2n) is 8.85. The third kappa shape index (κ3) is 6.67. The van der Waals surface area contributed by atoms with Crippen molar-refractivity contribution in [3.63, 3.8) is 0 Å². The van der Waals surface area contributed by atoms with Crippen molar-refractivity contribution in [2.45, 2.75) is 26.4 Å². The summed E-state index contributed by atoms with van der Waals surface area (Å²) >= 11 is 1.54. The van der Waals surface area contributed by atoms with E-state index in [9.17, 15) is 19.7 Å². The molecule has 11 heteroatoms. The fourth-order valence-corrected chi connectivity index (χ4v) is 4.84. The molecule has 2 aromatic carbocycles. The van der Waals surface area contributed by atoms with E-state index in [0.29, 0.717) is 43.2 Å². The lowest BCUT2D eigenvalue weighted by atomic mass is 10.1. The van der Waals surface area contributed by atoms with E-state index < -0.39 is 10.8 Å². The van der Waals surface area contributed by atoms with Crippen LogP contribution in [0, 0.1) is 17.0 Å². The van der Waals surface area contributed by atoms with Crippen LogP contribution in [0.2, 0.25) is 0 Å². The average Bonchev–Trinajstić information content (AvgIpc) is 3.59. The third-order valence-corrected chi connectivity index (χ3v) is 6.99. The van der Waals surface area contributed by atoms with Crippen molar-refractivity contribution in [1.82, 2.24) is 9.80 Å². The fraction of sp³-hybridized carbons (Fsp3) is 0.333. The molecule has 0 saturated carbocycles. The summed E-state index contributed by atoms with van der Waals surface area (Å²) in [6, 6.07) is 13.8. The van der Waals surface area contributed by atoms with E-state index in [4.69, 9.17) is 14.2 Å². The lowest BCUT2D eigenvalue weighted by Gasteiger charge is -2.28. The van der Waals surface area contributed by atoms with Gasteiger partial charge >= 0.3 is 0 Å². The quantitative estimate of drug-likeness (QED) is 0.191. The van der Waals surface area contributed by atoms with Crippen LogP contribution in [-0.2, 0) is 22.6 Å². The Hall–Kier alpha value is -3.96.